The van der Waals surface area contributed by atoms with Crippen molar-refractivity contribution in [2.45, 2.75) is 38.6 Å². The molecule has 0 aliphatic heterocycles. The normalized spacial score (nSPS) is 24.3. The second-order valence-electron chi connectivity index (χ2n) is 4.78. The lowest BCUT2D eigenvalue weighted by molar-refractivity contribution is 0.0911. The number of nitrogens with one attached hydrogen (secondary N) is 1. The smallest absolute Gasteiger partial charge is 0.255 e. The van der Waals surface area contributed by atoms with Gasteiger partial charge in [0.25, 0.3) is 5.91 Å². The summed E-state index contributed by atoms with van der Waals surface area (Å²) in [5.74, 6) is 0.744. The fourth-order valence-electron chi connectivity index (χ4n) is 2.39. The van der Waals surface area contributed by atoms with Crippen LogP contribution in [0.2, 0.25) is 0 Å². The van der Waals surface area contributed by atoms with Gasteiger partial charge < -0.3 is 11.1 Å². The Morgan fingerprint density at radius 3 is 2.94 bits per heavy atom. The molecule has 1 aromatic heterocycles. The number of nitrogens with two attached hydrogens (primary N) is 1. The minimum absolute atomic E-state index is 0.102. The molecule has 1 aromatic rings. The predicted molar refractivity (Wildman–Crippen MR) is 67.5 cm³/mol. The number of carbonyl (C=O) groups is 1. The van der Waals surface area contributed by atoms with Crippen LogP contribution in [0.3, 0.4) is 0 Å². The zero-order valence-electron chi connectivity index (χ0n) is 10.1. The Labute approximate surface area is 102 Å². The van der Waals surface area contributed by atoms with Crippen molar-refractivity contribution in [1.29, 1.82) is 0 Å². The van der Waals surface area contributed by atoms with E-state index in [1.54, 1.807) is 18.3 Å². The molecule has 4 nitrogen and oxygen atoms in total. The summed E-state index contributed by atoms with van der Waals surface area (Å²) in [4.78, 5) is 16.0. The second kappa shape index (κ2) is 5.17. The molecule has 2 rings (SSSR count). The molecule has 2 atom stereocenters. The number of rotatable bonds is 2. The topological polar surface area (TPSA) is 68.0 Å². The van der Waals surface area contributed by atoms with E-state index in [2.05, 4.69) is 17.2 Å². The number of hydrogen-bond donors (Lipinski definition) is 2. The van der Waals surface area contributed by atoms with Gasteiger partial charge in [-0.1, -0.05) is 19.8 Å². The number of hydrogen-bond acceptors (Lipinski definition) is 3. The lowest BCUT2D eigenvalue weighted by Crippen LogP contribution is -2.41. The zero-order chi connectivity index (χ0) is 12.3. The van der Waals surface area contributed by atoms with Crippen molar-refractivity contribution < 1.29 is 4.79 Å². The molecular formula is C13H19N3O. The highest BCUT2D eigenvalue weighted by Gasteiger charge is 2.23. The number of nitrogens with zero attached hydrogens (tertiary/aromatic N) is 1. The first-order chi connectivity index (χ1) is 8.18. The Kier molecular flexibility index (Phi) is 3.61. The molecule has 0 radical (unpaired) electrons. The standard InChI is InChI=1S/C13H19N3O/c1-9-5-2-3-7-11(9)16-13(17)10-6-4-8-15-12(10)14/h4,6,8-9,11H,2-3,5,7H2,1H3,(H2,14,15)(H,16,17). The number of amides is 1. The van der Waals surface area contributed by atoms with Crippen LogP contribution >= 0.6 is 0 Å². The van der Waals surface area contributed by atoms with Crippen LogP contribution in [-0.2, 0) is 0 Å². The first kappa shape index (κ1) is 11.9. The highest BCUT2D eigenvalue weighted by molar-refractivity contribution is 5.98. The monoisotopic (exact) mass is 233 g/mol. The summed E-state index contributed by atoms with van der Waals surface area (Å²) >= 11 is 0. The van der Waals surface area contributed by atoms with Gasteiger partial charge in [0.2, 0.25) is 0 Å². The molecular weight excluding hydrogens is 214 g/mol. The van der Waals surface area contributed by atoms with E-state index < -0.39 is 0 Å². The number of pyridine rings is 1. The SMILES string of the molecule is CC1CCCCC1NC(=O)c1cccnc1N. The van der Waals surface area contributed by atoms with Crippen LogP contribution < -0.4 is 11.1 Å². The molecule has 1 aliphatic rings. The number of anilines is 1. The maximum atomic E-state index is 12.0. The lowest BCUT2D eigenvalue weighted by Gasteiger charge is -2.29. The van der Waals surface area contributed by atoms with Gasteiger partial charge >= 0.3 is 0 Å². The molecule has 92 valence electrons. The molecule has 0 aromatic carbocycles. The molecule has 0 bridgehead atoms. The molecule has 0 saturated heterocycles. The van der Waals surface area contributed by atoms with E-state index in [-0.39, 0.29) is 11.9 Å². The van der Waals surface area contributed by atoms with Gasteiger partial charge in [0, 0.05) is 12.2 Å². The van der Waals surface area contributed by atoms with Gasteiger partial charge in [-0.3, -0.25) is 4.79 Å². The molecule has 1 saturated carbocycles. The van der Waals surface area contributed by atoms with Crippen LogP contribution in [0.4, 0.5) is 5.82 Å². The molecule has 2 unspecified atom stereocenters. The van der Waals surface area contributed by atoms with Crippen LogP contribution in [-0.4, -0.2) is 16.9 Å². The summed E-state index contributed by atoms with van der Waals surface area (Å²) in [6.45, 7) is 2.19. The van der Waals surface area contributed by atoms with E-state index in [1.165, 1.54) is 19.3 Å². The largest absolute Gasteiger partial charge is 0.383 e. The highest BCUT2D eigenvalue weighted by Crippen LogP contribution is 2.24. The summed E-state index contributed by atoms with van der Waals surface area (Å²) in [6, 6.07) is 3.72. The third-order valence-electron chi connectivity index (χ3n) is 3.51. The van der Waals surface area contributed by atoms with E-state index in [4.69, 9.17) is 5.73 Å². The van der Waals surface area contributed by atoms with Crippen molar-refractivity contribution in [3.8, 4) is 0 Å². The summed E-state index contributed by atoms with van der Waals surface area (Å²) in [5.41, 5.74) is 6.17. The molecule has 1 fully saturated rings. The van der Waals surface area contributed by atoms with Crippen molar-refractivity contribution in [1.82, 2.24) is 10.3 Å². The van der Waals surface area contributed by atoms with Gasteiger partial charge in [-0.2, -0.15) is 0 Å². The molecule has 3 N–H and O–H groups in total. The van der Waals surface area contributed by atoms with Gasteiger partial charge in [-0.25, -0.2) is 4.98 Å². The zero-order valence-corrected chi connectivity index (χ0v) is 10.1. The summed E-state index contributed by atoms with van der Waals surface area (Å²) in [7, 11) is 0. The van der Waals surface area contributed by atoms with E-state index in [1.807, 2.05) is 0 Å². The first-order valence-corrected chi connectivity index (χ1v) is 6.20. The quantitative estimate of drug-likeness (QED) is 0.820. The van der Waals surface area contributed by atoms with Crippen LogP contribution in [0.5, 0.6) is 0 Å². The van der Waals surface area contributed by atoms with E-state index in [0.717, 1.165) is 6.42 Å². The van der Waals surface area contributed by atoms with E-state index in [0.29, 0.717) is 17.3 Å². The average molecular weight is 233 g/mol. The van der Waals surface area contributed by atoms with Crippen molar-refractivity contribution in [2.24, 2.45) is 5.92 Å². The molecule has 1 heterocycles. The van der Waals surface area contributed by atoms with Gasteiger partial charge in [0.1, 0.15) is 5.82 Å². The van der Waals surface area contributed by atoms with Crippen molar-refractivity contribution in [3.63, 3.8) is 0 Å². The Morgan fingerprint density at radius 2 is 2.24 bits per heavy atom. The number of nitrogen functional groups attached to an aromatic ring is 1. The van der Waals surface area contributed by atoms with Crippen molar-refractivity contribution in [3.05, 3.63) is 23.9 Å². The third kappa shape index (κ3) is 2.75. The van der Waals surface area contributed by atoms with Gasteiger partial charge in [0.05, 0.1) is 5.56 Å². The minimum atomic E-state index is -0.102. The summed E-state index contributed by atoms with van der Waals surface area (Å²) in [6.07, 6.45) is 6.30. The van der Waals surface area contributed by atoms with Crippen molar-refractivity contribution >= 4 is 11.7 Å². The molecule has 0 spiro atoms. The molecule has 1 amide bonds. The Morgan fingerprint density at radius 1 is 1.47 bits per heavy atom. The third-order valence-corrected chi connectivity index (χ3v) is 3.51. The first-order valence-electron chi connectivity index (χ1n) is 6.20. The van der Waals surface area contributed by atoms with Crippen LogP contribution in [0, 0.1) is 5.92 Å². The van der Waals surface area contributed by atoms with Crippen LogP contribution in [0.15, 0.2) is 18.3 Å². The fraction of sp³-hybridized carbons (Fsp3) is 0.538. The Hall–Kier alpha value is -1.58. The second-order valence-corrected chi connectivity index (χ2v) is 4.78. The van der Waals surface area contributed by atoms with Gasteiger partial charge in [0.15, 0.2) is 0 Å². The van der Waals surface area contributed by atoms with Gasteiger partial charge in [-0.05, 0) is 30.9 Å². The fourth-order valence-corrected chi connectivity index (χ4v) is 2.39. The minimum Gasteiger partial charge on any atom is -0.383 e. The van der Waals surface area contributed by atoms with Crippen molar-refractivity contribution in [2.75, 3.05) is 5.73 Å². The lowest BCUT2D eigenvalue weighted by atomic mass is 9.86. The highest BCUT2D eigenvalue weighted by atomic mass is 16.1. The molecule has 1 aliphatic carbocycles. The molecule has 17 heavy (non-hydrogen) atoms. The Bertz CT molecular complexity index is 405. The van der Waals surface area contributed by atoms with Gasteiger partial charge in [-0.15, -0.1) is 0 Å². The number of carbonyl (C=O) groups excluding carboxylic acids is 1. The maximum absolute atomic E-state index is 12.0. The molecule has 4 heteroatoms. The predicted octanol–water partition coefficient (Wildman–Crippen LogP) is 1.97. The number of aromatic nitrogens is 1. The maximum Gasteiger partial charge on any atom is 0.255 e. The summed E-state index contributed by atoms with van der Waals surface area (Å²) < 4.78 is 0. The van der Waals surface area contributed by atoms with Crippen LogP contribution in [0.25, 0.3) is 0 Å². The van der Waals surface area contributed by atoms with E-state index in [9.17, 15) is 4.79 Å². The Balaban J connectivity index is 2.04. The van der Waals surface area contributed by atoms with Crippen LogP contribution in [0.1, 0.15) is 43.0 Å². The average Bonchev–Trinajstić information content (AvgIpc) is 2.32. The van der Waals surface area contributed by atoms with E-state index >= 15 is 0 Å². The summed E-state index contributed by atoms with van der Waals surface area (Å²) in [5, 5.41) is 3.07.